The number of nitrogens with zero attached hydrogens (tertiary/aromatic N) is 3. The minimum absolute atomic E-state index is 0.781. The molecule has 0 aliphatic rings. The van der Waals surface area contributed by atoms with E-state index < -0.39 is 0 Å². The minimum atomic E-state index is 0.781. The lowest BCUT2D eigenvalue weighted by molar-refractivity contribution is 0.767. The molecule has 72 valence electrons. The molecule has 0 aromatic carbocycles. The minimum Gasteiger partial charge on any atom is -0.398 e. The summed E-state index contributed by atoms with van der Waals surface area (Å²) in [5.74, 6) is 0. The standard InChI is InChI=1S/C10H12N4/c1-14-7-8(5-13-14)4-9-6-12-3-2-10(9)11/h2-3,5-7H,4H2,1H3,(H2,11,12). The Hall–Kier alpha value is -1.84. The van der Waals surface area contributed by atoms with Gasteiger partial charge in [0.1, 0.15) is 0 Å². The predicted molar refractivity (Wildman–Crippen MR) is 54.7 cm³/mol. The average Bonchev–Trinajstić information content (AvgIpc) is 2.56. The second-order valence-corrected chi connectivity index (χ2v) is 3.27. The van der Waals surface area contributed by atoms with E-state index in [1.165, 1.54) is 0 Å². The van der Waals surface area contributed by atoms with E-state index in [2.05, 4.69) is 10.1 Å². The molecule has 2 aromatic rings. The molecule has 0 saturated carbocycles. The van der Waals surface area contributed by atoms with E-state index in [1.54, 1.807) is 17.1 Å². The van der Waals surface area contributed by atoms with Crippen molar-refractivity contribution in [3.05, 3.63) is 42.0 Å². The first-order chi connectivity index (χ1) is 6.75. The van der Waals surface area contributed by atoms with Crippen LogP contribution in [-0.2, 0) is 13.5 Å². The summed E-state index contributed by atoms with van der Waals surface area (Å²) in [5.41, 5.74) is 8.78. The number of rotatable bonds is 2. The molecule has 2 aromatic heterocycles. The maximum atomic E-state index is 5.81. The number of aryl methyl sites for hydroxylation is 1. The van der Waals surface area contributed by atoms with Crippen molar-refractivity contribution in [3.8, 4) is 0 Å². The third-order valence-corrected chi connectivity index (χ3v) is 2.09. The molecule has 0 amide bonds. The van der Waals surface area contributed by atoms with Gasteiger partial charge in [-0.25, -0.2) is 0 Å². The third kappa shape index (κ3) is 1.74. The van der Waals surface area contributed by atoms with Crippen LogP contribution in [-0.4, -0.2) is 14.8 Å². The molecular weight excluding hydrogens is 176 g/mol. The van der Waals surface area contributed by atoms with Crippen LogP contribution in [0, 0.1) is 0 Å². The molecule has 2 N–H and O–H groups in total. The Bertz CT molecular complexity index is 433. The molecular formula is C10H12N4. The van der Waals surface area contributed by atoms with Crippen molar-refractivity contribution in [2.45, 2.75) is 6.42 Å². The molecule has 0 spiro atoms. The van der Waals surface area contributed by atoms with Crippen LogP contribution in [0.3, 0.4) is 0 Å². The lowest BCUT2D eigenvalue weighted by Gasteiger charge is -2.01. The van der Waals surface area contributed by atoms with Gasteiger partial charge in [-0.2, -0.15) is 5.10 Å². The number of nitrogens with two attached hydrogens (primary N) is 1. The highest BCUT2D eigenvalue weighted by Crippen LogP contribution is 2.13. The summed E-state index contributed by atoms with van der Waals surface area (Å²) < 4.78 is 1.78. The molecule has 2 rings (SSSR count). The third-order valence-electron chi connectivity index (χ3n) is 2.09. The topological polar surface area (TPSA) is 56.7 Å². The summed E-state index contributed by atoms with van der Waals surface area (Å²) >= 11 is 0. The van der Waals surface area contributed by atoms with Gasteiger partial charge in [-0.05, 0) is 17.2 Å². The number of nitrogen functional groups attached to an aromatic ring is 1. The number of anilines is 1. The predicted octanol–water partition coefficient (Wildman–Crippen LogP) is 0.988. The van der Waals surface area contributed by atoms with E-state index in [0.29, 0.717) is 0 Å². The maximum absolute atomic E-state index is 5.81. The molecule has 0 atom stereocenters. The first kappa shape index (κ1) is 8.74. The quantitative estimate of drug-likeness (QED) is 0.764. The van der Waals surface area contributed by atoms with E-state index in [0.717, 1.165) is 23.2 Å². The Morgan fingerprint density at radius 1 is 1.43 bits per heavy atom. The molecule has 0 unspecified atom stereocenters. The summed E-state index contributed by atoms with van der Waals surface area (Å²) in [4.78, 5) is 4.04. The summed E-state index contributed by atoms with van der Waals surface area (Å²) in [5, 5.41) is 4.10. The van der Waals surface area contributed by atoms with Crippen molar-refractivity contribution in [2.24, 2.45) is 7.05 Å². The highest BCUT2D eigenvalue weighted by Gasteiger charge is 2.01. The van der Waals surface area contributed by atoms with E-state index in [-0.39, 0.29) is 0 Å². The summed E-state index contributed by atoms with van der Waals surface area (Å²) in [6.45, 7) is 0. The van der Waals surface area contributed by atoms with Gasteiger partial charge in [0.05, 0.1) is 6.20 Å². The van der Waals surface area contributed by atoms with Crippen LogP contribution in [0.15, 0.2) is 30.9 Å². The van der Waals surface area contributed by atoms with Crippen LogP contribution < -0.4 is 5.73 Å². The Balaban J connectivity index is 2.23. The van der Waals surface area contributed by atoms with Gasteiger partial charge < -0.3 is 5.73 Å². The number of hydrogen-bond donors (Lipinski definition) is 1. The van der Waals surface area contributed by atoms with Crippen LogP contribution in [0.5, 0.6) is 0 Å². The second kappa shape index (κ2) is 3.49. The molecule has 0 aliphatic heterocycles. The van der Waals surface area contributed by atoms with Crippen molar-refractivity contribution in [3.63, 3.8) is 0 Å². The second-order valence-electron chi connectivity index (χ2n) is 3.27. The van der Waals surface area contributed by atoms with Crippen molar-refractivity contribution in [1.82, 2.24) is 14.8 Å². The van der Waals surface area contributed by atoms with Gasteiger partial charge in [0.25, 0.3) is 0 Å². The maximum Gasteiger partial charge on any atom is 0.0525 e. The Kier molecular flexibility index (Phi) is 2.18. The fourth-order valence-electron chi connectivity index (χ4n) is 1.37. The number of pyridine rings is 1. The van der Waals surface area contributed by atoms with E-state index in [4.69, 9.17) is 5.73 Å². The van der Waals surface area contributed by atoms with Crippen molar-refractivity contribution in [2.75, 3.05) is 5.73 Å². The van der Waals surface area contributed by atoms with Crippen molar-refractivity contribution < 1.29 is 0 Å². The molecule has 0 fully saturated rings. The van der Waals surface area contributed by atoms with Gasteiger partial charge >= 0.3 is 0 Å². The molecule has 4 nitrogen and oxygen atoms in total. The first-order valence-corrected chi connectivity index (χ1v) is 4.41. The molecule has 0 aliphatic carbocycles. The molecule has 14 heavy (non-hydrogen) atoms. The fourth-order valence-corrected chi connectivity index (χ4v) is 1.37. The van der Waals surface area contributed by atoms with Crippen LogP contribution >= 0.6 is 0 Å². The molecule has 0 radical (unpaired) electrons. The average molecular weight is 188 g/mol. The largest absolute Gasteiger partial charge is 0.398 e. The van der Waals surface area contributed by atoms with Crippen LogP contribution in [0.1, 0.15) is 11.1 Å². The molecule has 2 heterocycles. The zero-order valence-electron chi connectivity index (χ0n) is 8.01. The molecule has 0 bridgehead atoms. The summed E-state index contributed by atoms with van der Waals surface area (Å²) in [6.07, 6.45) is 8.09. The van der Waals surface area contributed by atoms with Gasteiger partial charge in [0, 0.05) is 37.7 Å². The van der Waals surface area contributed by atoms with Crippen LogP contribution in [0.25, 0.3) is 0 Å². The van der Waals surface area contributed by atoms with Crippen molar-refractivity contribution >= 4 is 5.69 Å². The Morgan fingerprint density at radius 3 is 2.93 bits per heavy atom. The summed E-state index contributed by atoms with van der Waals surface area (Å²) in [6, 6.07) is 1.81. The highest BCUT2D eigenvalue weighted by molar-refractivity contribution is 5.46. The zero-order chi connectivity index (χ0) is 9.97. The van der Waals surface area contributed by atoms with E-state index >= 15 is 0 Å². The Morgan fingerprint density at radius 2 is 2.29 bits per heavy atom. The smallest absolute Gasteiger partial charge is 0.0525 e. The van der Waals surface area contributed by atoms with Gasteiger partial charge in [-0.15, -0.1) is 0 Å². The normalized spacial score (nSPS) is 10.4. The van der Waals surface area contributed by atoms with Crippen LogP contribution in [0.2, 0.25) is 0 Å². The summed E-state index contributed by atoms with van der Waals surface area (Å²) in [7, 11) is 1.90. The van der Waals surface area contributed by atoms with E-state index in [9.17, 15) is 0 Å². The van der Waals surface area contributed by atoms with Crippen LogP contribution in [0.4, 0.5) is 5.69 Å². The van der Waals surface area contributed by atoms with Gasteiger partial charge in [-0.1, -0.05) is 0 Å². The lowest BCUT2D eigenvalue weighted by Crippen LogP contribution is -1.95. The highest BCUT2D eigenvalue weighted by atomic mass is 15.2. The van der Waals surface area contributed by atoms with Gasteiger partial charge in [0.2, 0.25) is 0 Å². The number of hydrogen-bond acceptors (Lipinski definition) is 3. The number of aromatic nitrogens is 3. The zero-order valence-corrected chi connectivity index (χ0v) is 8.01. The van der Waals surface area contributed by atoms with Crippen molar-refractivity contribution in [1.29, 1.82) is 0 Å². The Labute approximate surface area is 82.4 Å². The van der Waals surface area contributed by atoms with Gasteiger partial charge in [-0.3, -0.25) is 9.67 Å². The first-order valence-electron chi connectivity index (χ1n) is 4.41. The fraction of sp³-hybridized carbons (Fsp3) is 0.200. The molecule has 4 heteroatoms. The molecule has 0 saturated heterocycles. The van der Waals surface area contributed by atoms with Gasteiger partial charge in [0.15, 0.2) is 0 Å². The SMILES string of the molecule is Cn1cc(Cc2cnccc2N)cn1. The lowest BCUT2D eigenvalue weighted by atomic mass is 10.1. The monoisotopic (exact) mass is 188 g/mol. The van der Waals surface area contributed by atoms with E-state index in [1.807, 2.05) is 25.5 Å².